The van der Waals surface area contributed by atoms with Crippen molar-refractivity contribution < 1.29 is 13.2 Å². The van der Waals surface area contributed by atoms with Crippen LogP contribution >= 0.6 is 0 Å². The first-order valence-corrected chi connectivity index (χ1v) is 12.5. The van der Waals surface area contributed by atoms with Crippen molar-refractivity contribution in [3.8, 4) is 0 Å². The van der Waals surface area contributed by atoms with Crippen LogP contribution in [0.15, 0.2) is 29.2 Å². The molecule has 1 amide bonds. The summed E-state index contributed by atoms with van der Waals surface area (Å²) in [7, 11) is -3.46. The number of fused-ring (bicyclic) bond motifs is 1. The molecule has 2 aliphatic heterocycles. The Morgan fingerprint density at radius 1 is 0.931 bits per heavy atom. The predicted octanol–water partition coefficient (Wildman–Crippen LogP) is 2.48. The van der Waals surface area contributed by atoms with Gasteiger partial charge in [0.15, 0.2) is 0 Å². The van der Waals surface area contributed by atoms with Gasteiger partial charge in [0.05, 0.1) is 11.4 Å². The van der Waals surface area contributed by atoms with Crippen LogP contribution in [0.4, 0.5) is 0 Å². The summed E-state index contributed by atoms with van der Waals surface area (Å²) in [5, 5.41) is 0. The molecule has 7 heteroatoms. The standard InChI is InChI=1S/C22H33N3O3S/c1-18-8-10-20(11-9-18)29(27,28)24-15-13-23(14-16-24)17-22(26)25-12-4-6-19-5-2-3-7-21(19)25/h8-11,19,21H,2-7,12-17H2,1H3. The van der Waals surface area contributed by atoms with Crippen molar-refractivity contribution in [2.24, 2.45) is 5.92 Å². The second-order valence-corrected chi connectivity index (χ2v) is 10.8. The van der Waals surface area contributed by atoms with E-state index in [9.17, 15) is 13.2 Å². The molecule has 3 fully saturated rings. The molecule has 2 atom stereocenters. The lowest BCUT2D eigenvalue weighted by Gasteiger charge is -2.45. The van der Waals surface area contributed by atoms with Crippen molar-refractivity contribution in [2.45, 2.75) is 56.4 Å². The van der Waals surface area contributed by atoms with Crippen LogP contribution in [-0.2, 0) is 14.8 Å². The number of carbonyl (C=O) groups excluding carboxylic acids is 1. The van der Waals surface area contributed by atoms with E-state index in [-0.39, 0.29) is 5.91 Å². The molecule has 2 unspecified atom stereocenters. The van der Waals surface area contributed by atoms with Crippen molar-refractivity contribution in [3.05, 3.63) is 29.8 Å². The molecule has 1 saturated carbocycles. The molecule has 160 valence electrons. The van der Waals surface area contributed by atoms with Crippen LogP contribution in [-0.4, -0.2) is 73.7 Å². The molecule has 0 aromatic heterocycles. The first-order valence-electron chi connectivity index (χ1n) is 11.0. The Hall–Kier alpha value is -1.44. The molecule has 3 aliphatic rings. The van der Waals surface area contributed by atoms with Gasteiger partial charge in [-0.1, -0.05) is 30.5 Å². The summed E-state index contributed by atoms with van der Waals surface area (Å²) >= 11 is 0. The van der Waals surface area contributed by atoms with E-state index in [2.05, 4.69) is 9.80 Å². The summed E-state index contributed by atoms with van der Waals surface area (Å²) in [4.78, 5) is 17.6. The minimum atomic E-state index is -3.46. The van der Waals surface area contributed by atoms with E-state index in [1.165, 1.54) is 25.7 Å². The molecule has 2 heterocycles. The van der Waals surface area contributed by atoms with Gasteiger partial charge in [-0.3, -0.25) is 9.69 Å². The number of benzene rings is 1. The Morgan fingerprint density at radius 2 is 1.59 bits per heavy atom. The molecule has 0 bridgehead atoms. The van der Waals surface area contributed by atoms with Crippen LogP contribution in [0.2, 0.25) is 0 Å². The Balaban J connectivity index is 1.32. The molecular formula is C22H33N3O3S. The van der Waals surface area contributed by atoms with Crippen molar-refractivity contribution >= 4 is 15.9 Å². The fourth-order valence-electron chi connectivity index (χ4n) is 5.20. The SMILES string of the molecule is Cc1ccc(S(=O)(=O)N2CCN(CC(=O)N3CCCC4CCCCC43)CC2)cc1. The lowest BCUT2D eigenvalue weighted by atomic mass is 9.78. The van der Waals surface area contributed by atoms with Gasteiger partial charge < -0.3 is 4.90 Å². The highest BCUT2D eigenvalue weighted by Gasteiger charge is 2.36. The van der Waals surface area contributed by atoms with E-state index in [0.29, 0.717) is 49.6 Å². The van der Waals surface area contributed by atoms with Gasteiger partial charge in [-0.25, -0.2) is 8.42 Å². The van der Waals surface area contributed by atoms with Gasteiger partial charge >= 0.3 is 0 Å². The second-order valence-electron chi connectivity index (χ2n) is 8.83. The Morgan fingerprint density at radius 3 is 2.31 bits per heavy atom. The minimum Gasteiger partial charge on any atom is -0.338 e. The lowest BCUT2D eigenvalue weighted by molar-refractivity contribution is -0.139. The maximum atomic E-state index is 13.0. The van der Waals surface area contributed by atoms with Gasteiger partial charge in [-0.2, -0.15) is 4.31 Å². The largest absolute Gasteiger partial charge is 0.338 e. The highest BCUT2D eigenvalue weighted by Crippen LogP contribution is 2.35. The zero-order valence-corrected chi connectivity index (χ0v) is 18.2. The third-order valence-corrected chi connectivity index (χ3v) is 8.83. The van der Waals surface area contributed by atoms with Crippen LogP contribution in [0, 0.1) is 12.8 Å². The summed E-state index contributed by atoms with van der Waals surface area (Å²) in [5.41, 5.74) is 1.05. The molecule has 6 nitrogen and oxygen atoms in total. The first-order chi connectivity index (χ1) is 13.9. The number of sulfonamides is 1. The number of nitrogens with zero attached hydrogens (tertiary/aromatic N) is 3. The summed E-state index contributed by atoms with van der Waals surface area (Å²) in [6, 6.07) is 7.46. The zero-order valence-electron chi connectivity index (χ0n) is 17.4. The van der Waals surface area contributed by atoms with Crippen molar-refractivity contribution in [1.29, 1.82) is 0 Å². The van der Waals surface area contributed by atoms with Gasteiger partial charge in [-0.05, 0) is 50.7 Å². The van der Waals surface area contributed by atoms with Gasteiger partial charge in [-0.15, -0.1) is 0 Å². The van der Waals surface area contributed by atoms with Gasteiger partial charge in [0.25, 0.3) is 0 Å². The molecule has 29 heavy (non-hydrogen) atoms. The first kappa shape index (κ1) is 20.8. The molecule has 1 aromatic carbocycles. The average molecular weight is 420 g/mol. The fraction of sp³-hybridized carbons (Fsp3) is 0.682. The van der Waals surface area contributed by atoms with E-state index >= 15 is 0 Å². The molecule has 0 N–H and O–H groups in total. The van der Waals surface area contributed by atoms with Crippen LogP contribution in [0.1, 0.15) is 44.1 Å². The van der Waals surface area contributed by atoms with Gasteiger partial charge in [0.1, 0.15) is 0 Å². The number of hydrogen-bond acceptors (Lipinski definition) is 4. The summed E-state index contributed by atoms with van der Waals surface area (Å²) < 4.78 is 27.3. The fourth-order valence-corrected chi connectivity index (χ4v) is 6.63. The maximum absolute atomic E-state index is 13.0. The summed E-state index contributed by atoms with van der Waals surface area (Å²) in [6.07, 6.45) is 7.35. The Bertz CT molecular complexity index is 814. The number of likely N-dealkylation sites (tertiary alicyclic amines) is 1. The van der Waals surface area contributed by atoms with Crippen LogP contribution in [0.25, 0.3) is 0 Å². The van der Waals surface area contributed by atoms with Crippen molar-refractivity contribution in [1.82, 2.24) is 14.1 Å². The number of piperazine rings is 1. The summed E-state index contributed by atoms with van der Waals surface area (Å²) in [6.45, 7) is 5.36. The highest BCUT2D eigenvalue weighted by molar-refractivity contribution is 7.89. The quantitative estimate of drug-likeness (QED) is 0.752. The summed E-state index contributed by atoms with van der Waals surface area (Å²) in [5.74, 6) is 0.925. The molecule has 4 rings (SSSR count). The predicted molar refractivity (Wildman–Crippen MR) is 113 cm³/mol. The van der Waals surface area contributed by atoms with Crippen molar-refractivity contribution in [2.75, 3.05) is 39.3 Å². The third-order valence-electron chi connectivity index (χ3n) is 6.91. The van der Waals surface area contributed by atoms with Gasteiger partial charge in [0, 0.05) is 38.8 Å². The van der Waals surface area contributed by atoms with Crippen molar-refractivity contribution in [3.63, 3.8) is 0 Å². The minimum absolute atomic E-state index is 0.233. The number of rotatable bonds is 4. The van der Waals surface area contributed by atoms with E-state index in [1.54, 1.807) is 16.4 Å². The number of hydrogen-bond donors (Lipinski definition) is 0. The molecular weight excluding hydrogens is 386 g/mol. The molecule has 2 saturated heterocycles. The van der Waals surface area contributed by atoms with E-state index in [1.807, 2.05) is 19.1 Å². The highest BCUT2D eigenvalue weighted by atomic mass is 32.2. The zero-order chi connectivity index (χ0) is 20.4. The molecule has 0 spiro atoms. The third kappa shape index (κ3) is 4.52. The smallest absolute Gasteiger partial charge is 0.243 e. The van der Waals surface area contributed by atoms with E-state index < -0.39 is 10.0 Å². The Kier molecular flexibility index (Phi) is 6.27. The normalized spacial score (nSPS) is 26.9. The van der Waals surface area contributed by atoms with E-state index in [4.69, 9.17) is 0 Å². The molecule has 1 aliphatic carbocycles. The number of carbonyl (C=O) groups is 1. The number of piperidine rings is 1. The maximum Gasteiger partial charge on any atom is 0.243 e. The lowest BCUT2D eigenvalue weighted by Crippen LogP contribution is -2.55. The van der Waals surface area contributed by atoms with Crippen LogP contribution < -0.4 is 0 Å². The van der Waals surface area contributed by atoms with Crippen LogP contribution in [0.5, 0.6) is 0 Å². The number of amides is 1. The Labute approximate surface area is 174 Å². The molecule has 1 aromatic rings. The average Bonchev–Trinajstić information content (AvgIpc) is 2.74. The monoisotopic (exact) mass is 419 g/mol. The number of aryl methyl sites for hydroxylation is 1. The second kappa shape index (κ2) is 8.74. The van der Waals surface area contributed by atoms with Crippen LogP contribution in [0.3, 0.4) is 0 Å². The topological polar surface area (TPSA) is 60.9 Å². The molecule has 0 radical (unpaired) electrons. The van der Waals surface area contributed by atoms with E-state index in [0.717, 1.165) is 24.9 Å². The van der Waals surface area contributed by atoms with Gasteiger partial charge in [0.2, 0.25) is 15.9 Å².